The van der Waals surface area contributed by atoms with Crippen molar-refractivity contribution >= 4 is 5.97 Å². The number of benzene rings is 2. The summed E-state index contributed by atoms with van der Waals surface area (Å²) in [5, 5.41) is 0. The number of esters is 1. The average Bonchev–Trinajstić information content (AvgIpc) is 2.49. The second-order valence-electron chi connectivity index (χ2n) is 6.09. The van der Waals surface area contributed by atoms with Crippen LogP contribution in [0, 0.1) is 0 Å². The molecule has 0 aromatic heterocycles. The summed E-state index contributed by atoms with van der Waals surface area (Å²) in [6.07, 6.45) is 1.59. The Kier molecular flexibility index (Phi) is 5.90. The van der Waals surface area contributed by atoms with E-state index in [-0.39, 0.29) is 18.1 Å². The van der Waals surface area contributed by atoms with E-state index in [0.717, 1.165) is 24.0 Å². The highest BCUT2D eigenvalue weighted by Crippen LogP contribution is 2.16. The van der Waals surface area contributed by atoms with Crippen molar-refractivity contribution in [1.29, 1.82) is 0 Å². The van der Waals surface area contributed by atoms with Gasteiger partial charge in [0.15, 0.2) is 0 Å². The first-order valence-electron chi connectivity index (χ1n) is 7.85. The molecule has 2 unspecified atom stereocenters. The molecular formula is C19H24N2O2. The molecule has 0 aliphatic carbocycles. The molecule has 0 amide bonds. The van der Waals surface area contributed by atoms with Crippen LogP contribution in [0.25, 0.3) is 0 Å². The number of nitrogens with two attached hydrogens (primary N) is 2. The number of carbonyl (C=O) groups is 1. The predicted molar refractivity (Wildman–Crippen MR) is 92.5 cm³/mol. The molecule has 0 fully saturated rings. The molecule has 4 nitrogen and oxygen atoms in total. The van der Waals surface area contributed by atoms with Crippen LogP contribution in [0.3, 0.4) is 0 Å². The van der Waals surface area contributed by atoms with Crippen LogP contribution in [0.1, 0.15) is 35.3 Å². The van der Waals surface area contributed by atoms with Crippen molar-refractivity contribution < 1.29 is 9.53 Å². The lowest BCUT2D eigenvalue weighted by atomic mass is 10.1. The standard InChI is InChI=1S/C19H24N2O2/c1-13(20)11-15-3-7-17(8-4-15)19(22)23-18-9-5-16(6-10-18)12-14(2)21/h3-10,13-14H,11-12,20-21H2,1-2H3. The summed E-state index contributed by atoms with van der Waals surface area (Å²) in [7, 11) is 0. The Labute approximate surface area is 137 Å². The van der Waals surface area contributed by atoms with Crippen LogP contribution in [0.2, 0.25) is 0 Å². The molecule has 0 aliphatic heterocycles. The molecule has 23 heavy (non-hydrogen) atoms. The molecule has 2 atom stereocenters. The molecule has 0 bridgehead atoms. The number of hydrogen-bond acceptors (Lipinski definition) is 4. The summed E-state index contributed by atoms with van der Waals surface area (Å²) >= 11 is 0. The normalized spacial score (nSPS) is 13.4. The summed E-state index contributed by atoms with van der Waals surface area (Å²) in [6, 6.07) is 15.0. The predicted octanol–water partition coefficient (Wildman–Crippen LogP) is 2.69. The molecular weight excluding hydrogens is 288 g/mol. The van der Waals surface area contributed by atoms with Crippen LogP contribution in [0.15, 0.2) is 48.5 Å². The first-order chi connectivity index (χ1) is 10.9. The topological polar surface area (TPSA) is 78.3 Å². The minimum atomic E-state index is -0.364. The van der Waals surface area contributed by atoms with Crippen molar-refractivity contribution in [2.45, 2.75) is 38.8 Å². The second-order valence-corrected chi connectivity index (χ2v) is 6.09. The molecule has 0 radical (unpaired) electrons. The maximum atomic E-state index is 12.1. The second kappa shape index (κ2) is 7.90. The van der Waals surface area contributed by atoms with Gasteiger partial charge in [0.2, 0.25) is 0 Å². The van der Waals surface area contributed by atoms with Crippen molar-refractivity contribution in [3.63, 3.8) is 0 Å². The zero-order valence-corrected chi connectivity index (χ0v) is 13.7. The Morgan fingerprint density at radius 3 is 1.74 bits per heavy atom. The Morgan fingerprint density at radius 1 is 0.870 bits per heavy atom. The van der Waals surface area contributed by atoms with Crippen molar-refractivity contribution in [2.75, 3.05) is 0 Å². The SMILES string of the molecule is CC(N)Cc1ccc(OC(=O)c2ccc(CC(C)N)cc2)cc1. The van der Waals surface area contributed by atoms with E-state index in [1.807, 2.05) is 38.1 Å². The summed E-state index contributed by atoms with van der Waals surface area (Å²) in [5.41, 5.74) is 14.3. The van der Waals surface area contributed by atoms with Gasteiger partial charge < -0.3 is 16.2 Å². The monoisotopic (exact) mass is 312 g/mol. The van der Waals surface area contributed by atoms with Crippen molar-refractivity contribution in [1.82, 2.24) is 0 Å². The maximum Gasteiger partial charge on any atom is 0.343 e. The van der Waals surface area contributed by atoms with E-state index in [0.29, 0.717) is 11.3 Å². The summed E-state index contributed by atoms with van der Waals surface area (Å²) < 4.78 is 5.39. The molecule has 0 aliphatic rings. The highest BCUT2D eigenvalue weighted by molar-refractivity contribution is 5.91. The zero-order valence-electron chi connectivity index (χ0n) is 13.7. The zero-order chi connectivity index (χ0) is 16.8. The first-order valence-corrected chi connectivity index (χ1v) is 7.85. The number of ether oxygens (including phenoxy) is 1. The Balaban J connectivity index is 1.98. The molecule has 0 spiro atoms. The summed E-state index contributed by atoms with van der Waals surface area (Å²) in [4.78, 5) is 12.1. The van der Waals surface area contributed by atoms with Crippen molar-refractivity contribution in [3.8, 4) is 5.75 Å². The highest BCUT2D eigenvalue weighted by atomic mass is 16.5. The van der Waals surface area contributed by atoms with Gasteiger partial charge in [-0.25, -0.2) is 4.79 Å². The van der Waals surface area contributed by atoms with E-state index in [1.165, 1.54) is 0 Å². The van der Waals surface area contributed by atoms with Gasteiger partial charge in [0, 0.05) is 12.1 Å². The molecule has 4 N–H and O–H groups in total. The van der Waals surface area contributed by atoms with Gasteiger partial charge in [0.1, 0.15) is 5.75 Å². The van der Waals surface area contributed by atoms with E-state index in [9.17, 15) is 4.79 Å². The lowest BCUT2D eigenvalue weighted by Crippen LogP contribution is -2.18. The molecule has 2 rings (SSSR count). The molecule has 0 saturated heterocycles. The Morgan fingerprint density at radius 2 is 1.30 bits per heavy atom. The fourth-order valence-electron chi connectivity index (χ4n) is 2.38. The minimum absolute atomic E-state index is 0.0996. The quantitative estimate of drug-likeness (QED) is 0.635. The first kappa shape index (κ1) is 17.2. The molecule has 122 valence electrons. The number of rotatable bonds is 6. The average molecular weight is 312 g/mol. The number of hydrogen-bond donors (Lipinski definition) is 2. The summed E-state index contributed by atoms with van der Waals surface area (Å²) in [6.45, 7) is 3.92. The maximum absolute atomic E-state index is 12.1. The summed E-state index contributed by atoms with van der Waals surface area (Å²) in [5.74, 6) is 0.167. The van der Waals surface area contributed by atoms with E-state index in [2.05, 4.69) is 0 Å². The van der Waals surface area contributed by atoms with E-state index < -0.39 is 0 Å². The smallest absolute Gasteiger partial charge is 0.343 e. The van der Waals surface area contributed by atoms with Gasteiger partial charge in [-0.3, -0.25) is 0 Å². The molecule has 0 saturated carbocycles. The molecule has 0 heterocycles. The van der Waals surface area contributed by atoms with Crippen LogP contribution >= 0.6 is 0 Å². The third-order valence-electron chi connectivity index (χ3n) is 3.44. The lowest BCUT2D eigenvalue weighted by molar-refractivity contribution is 0.0734. The third kappa shape index (κ3) is 5.51. The third-order valence-corrected chi connectivity index (χ3v) is 3.44. The van der Waals surface area contributed by atoms with Gasteiger partial charge in [0.25, 0.3) is 0 Å². The van der Waals surface area contributed by atoms with E-state index in [4.69, 9.17) is 16.2 Å². The van der Waals surface area contributed by atoms with Gasteiger partial charge in [-0.1, -0.05) is 24.3 Å². The van der Waals surface area contributed by atoms with Crippen molar-refractivity contribution in [2.24, 2.45) is 11.5 Å². The fraction of sp³-hybridized carbons (Fsp3) is 0.316. The fourth-order valence-corrected chi connectivity index (χ4v) is 2.38. The minimum Gasteiger partial charge on any atom is -0.423 e. The molecule has 4 heteroatoms. The lowest BCUT2D eigenvalue weighted by Gasteiger charge is -2.08. The Hall–Kier alpha value is -2.17. The largest absolute Gasteiger partial charge is 0.423 e. The van der Waals surface area contributed by atoms with Crippen LogP contribution < -0.4 is 16.2 Å². The van der Waals surface area contributed by atoms with Crippen LogP contribution in [0.5, 0.6) is 5.75 Å². The molecule has 2 aromatic rings. The van der Waals surface area contributed by atoms with E-state index in [1.54, 1.807) is 24.3 Å². The Bertz CT molecular complexity index is 631. The van der Waals surface area contributed by atoms with Crippen LogP contribution in [-0.2, 0) is 12.8 Å². The van der Waals surface area contributed by atoms with Gasteiger partial charge in [-0.05, 0) is 62.1 Å². The van der Waals surface area contributed by atoms with Gasteiger partial charge in [-0.15, -0.1) is 0 Å². The molecule has 2 aromatic carbocycles. The van der Waals surface area contributed by atoms with Crippen LogP contribution in [0.4, 0.5) is 0 Å². The van der Waals surface area contributed by atoms with Gasteiger partial charge >= 0.3 is 5.97 Å². The number of carbonyl (C=O) groups excluding carboxylic acids is 1. The van der Waals surface area contributed by atoms with E-state index >= 15 is 0 Å². The van der Waals surface area contributed by atoms with Crippen LogP contribution in [-0.4, -0.2) is 18.1 Å². The van der Waals surface area contributed by atoms with Crippen molar-refractivity contribution in [3.05, 3.63) is 65.2 Å². The highest BCUT2D eigenvalue weighted by Gasteiger charge is 2.09. The van der Waals surface area contributed by atoms with Gasteiger partial charge in [-0.2, -0.15) is 0 Å². The van der Waals surface area contributed by atoms with Gasteiger partial charge in [0.05, 0.1) is 5.56 Å².